The number of rotatable bonds is 3. The quantitative estimate of drug-likeness (QED) is 0.798. The summed E-state index contributed by atoms with van der Waals surface area (Å²) in [4.78, 5) is 33.0. The highest BCUT2D eigenvalue weighted by molar-refractivity contribution is 6.00. The number of imide groups is 1. The van der Waals surface area contributed by atoms with Gasteiger partial charge in [0.05, 0.1) is 5.56 Å². The molecule has 0 radical (unpaired) electrons. The molecule has 1 aromatic carbocycles. The van der Waals surface area contributed by atoms with Gasteiger partial charge in [-0.25, -0.2) is 9.59 Å². The average molecular weight is 235 g/mol. The summed E-state index contributed by atoms with van der Waals surface area (Å²) in [6.45, 7) is 0. The minimum absolute atomic E-state index is 0.0556. The van der Waals surface area contributed by atoms with Gasteiger partial charge in [-0.15, -0.1) is 0 Å². The van der Waals surface area contributed by atoms with E-state index in [-0.39, 0.29) is 12.0 Å². The molecular weight excluding hydrogens is 226 g/mol. The average Bonchev–Trinajstić information content (AvgIpc) is 2.58. The highest BCUT2D eigenvalue weighted by atomic mass is 16.6. The largest absolute Gasteiger partial charge is 0.478 e. The number of nitrogens with one attached hydrogen (secondary N) is 1. The highest BCUT2D eigenvalue weighted by Gasteiger charge is 2.32. The molecule has 1 heterocycles. The van der Waals surface area contributed by atoms with E-state index in [0.717, 1.165) is 0 Å². The summed E-state index contributed by atoms with van der Waals surface area (Å²) < 4.78 is 4.72. The number of alkyl carbamates (subject to hydrolysis) is 1. The normalized spacial score (nSPS) is 18.7. The van der Waals surface area contributed by atoms with E-state index in [9.17, 15) is 14.4 Å². The van der Waals surface area contributed by atoms with Crippen molar-refractivity contribution in [1.82, 2.24) is 5.32 Å². The van der Waals surface area contributed by atoms with Crippen molar-refractivity contribution in [1.29, 1.82) is 0 Å². The number of ether oxygens (including phenoxy) is 1. The summed E-state index contributed by atoms with van der Waals surface area (Å²) in [5, 5.41) is 10.9. The van der Waals surface area contributed by atoms with E-state index in [1.54, 1.807) is 18.2 Å². The Bertz CT molecular complexity index is 496. The van der Waals surface area contributed by atoms with Crippen LogP contribution in [0.15, 0.2) is 24.3 Å². The van der Waals surface area contributed by atoms with Gasteiger partial charge in [0.2, 0.25) is 0 Å². The molecule has 1 unspecified atom stereocenters. The summed E-state index contributed by atoms with van der Waals surface area (Å²) in [6.07, 6.45) is -1.70. The molecule has 1 aliphatic heterocycles. The summed E-state index contributed by atoms with van der Waals surface area (Å²) in [5.41, 5.74) is 0.554. The van der Waals surface area contributed by atoms with Gasteiger partial charge in [-0.3, -0.25) is 10.1 Å². The minimum Gasteiger partial charge on any atom is -0.478 e. The Kier molecular flexibility index (Phi) is 2.78. The van der Waals surface area contributed by atoms with Crippen LogP contribution in [0.5, 0.6) is 0 Å². The molecule has 0 spiro atoms. The molecule has 2 rings (SSSR count). The van der Waals surface area contributed by atoms with Crippen LogP contribution in [-0.2, 0) is 16.0 Å². The third-order valence-electron chi connectivity index (χ3n) is 2.42. The molecule has 2 amide bonds. The molecule has 0 aliphatic carbocycles. The fourth-order valence-corrected chi connectivity index (χ4v) is 1.63. The smallest absolute Gasteiger partial charge is 0.414 e. The molecule has 1 atom stereocenters. The first kappa shape index (κ1) is 11.1. The predicted octanol–water partition coefficient (Wildman–Crippen LogP) is 0.562. The highest BCUT2D eigenvalue weighted by Crippen LogP contribution is 2.15. The SMILES string of the molecule is O=C1NC(=O)C(Cc2ccccc2C(=O)O)O1. The Morgan fingerprint density at radius 2 is 2.06 bits per heavy atom. The fraction of sp³-hybridized carbons (Fsp3) is 0.182. The number of amides is 2. The molecule has 2 N–H and O–H groups in total. The van der Waals surface area contributed by atoms with Crippen molar-refractivity contribution in [2.24, 2.45) is 0 Å². The zero-order valence-corrected chi connectivity index (χ0v) is 8.67. The number of carbonyl (C=O) groups excluding carboxylic acids is 2. The van der Waals surface area contributed by atoms with E-state index in [4.69, 9.17) is 9.84 Å². The second-order valence-electron chi connectivity index (χ2n) is 3.55. The van der Waals surface area contributed by atoms with E-state index < -0.39 is 24.1 Å². The lowest BCUT2D eigenvalue weighted by Gasteiger charge is -2.08. The number of carboxylic acids is 1. The van der Waals surface area contributed by atoms with Gasteiger partial charge < -0.3 is 9.84 Å². The van der Waals surface area contributed by atoms with Gasteiger partial charge in [0.15, 0.2) is 6.10 Å². The van der Waals surface area contributed by atoms with Gasteiger partial charge in [-0.05, 0) is 11.6 Å². The Hall–Kier alpha value is -2.37. The molecule has 17 heavy (non-hydrogen) atoms. The van der Waals surface area contributed by atoms with Crippen LogP contribution in [0.2, 0.25) is 0 Å². The predicted molar refractivity (Wildman–Crippen MR) is 55.5 cm³/mol. The van der Waals surface area contributed by atoms with Crippen molar-refractivity contribution in [2.75, 3.05) is 0 Å². The van der Waals surface area contributed by atoms with Crippen LogP contribution in [0.4, 0.5) is 4.79 Å². The van der Waals surface area contributed by atoms with Crippen LogP contribution in [-0.4, -0.2) is 29.2 Å². The lowest BCUT2D eigenvalue weighted by molar-refractivity contribution is -0.123. The number of benzene rings is 1. The number of aromatic carboxylic acids is 1. The van der Waals surface area contributed by atoms with Gasteiger partial charge in [0.25, 0.3) is 5.91 Å². The number of carboxylic acid groups (broad SMARTS) is 1. The van der Waals surface area contributed by atoms with Crippen LogP contribution in [0.3, 0.4) is 0 Å². The second-order valence-corrected chi connectivity index (χ2v) is 3.55. The Balaban J connectivity index is 2.22. The summed E-state index contributed by atoms with van der Waals surface area (Å²) in [6, 6.07) is 6.28. The zero-order valence-electron chi connectivity index (χ0n) is 8.67. The third kappa shape index (κ3) is 2.25. The maximum atomic E-state index is 11.3. The van der Waals surface area contributed by atoms with Crippen LogP contribution >= 0.6 is 0 Å². The van der Waals surface area contributed by atoms with Crippen LogP contribution in [0.25, 0.3) is 0 Å². The molecule has 1 saturated heterocycles. The third-order valence-corrected chi connectivity index (χ3v) is 2.42. The monoisotopic (exact) mass is 235 g/mol. The van der Waals surface area contributed by atoms with Crippen molar-refractivity contribution >= 4 is 18.0 Å². The van der Waals surface area contributed by atoms with E-state index in [1.165, 1.54) is 6.07 Å². The molecule has 0 aromatic heterocycles. The van der Waals surface area contributed by atoms with Crippen molar-refractivity contribution in [3.8, 4) is 0 Å². The van der Waals surface area contributed by atoms with E-state index in [1.807, 2.05) is 5.32 Å². The number of hydrogen-bond acceptors (Lipinski definition) is 4. The zero-order chi connectivity index (χ0) is 12.4. The van der Waals surface area contributed by atoms with Crippen molar-refractivity contribution in [3.63, 3.8) is 0 Å². The molecule has 0 saturated carbocycles. The van der Waals surface area contributed by atoms with E-state index >= 15 is 0 Å². The summed E-state index contributed by atoms with van der Waals surface area (Å²) in [7, 11) is 0. The van der Waals surface area contributed by atoms with E-state index in [0.29, 0.717) is 5.56 Å². The van der Waals surface area contributed by atoms with Gasteiger partial charge >= 0.3 is 12.1 Å². The van der Waals surface area contributed by atoms with Crippen LogP contribution in [0.1, 0.15) is 15.9 Å². The first-order valence-corrected chi connectivity index (χ1v) is 4.90. The number of hydrogen-bond donors (Lipinski definition) is 2. The van der Waals surface area contributed by atoms with Gasteiger partial charge in [-0.2, -0.15) is 0 Å². The first-order valence-electron chi connectivity index (χ1n) is 4.90. The molecule has 1 aliphatic rings. The van der Waals surface area contributed by atoms with Crippen molar-refractivity contribution in [3.05, 3.63) is 35.4 Å². The molecule has 88 valence electrons. The van der Waals surface area contributed by atoms with Crippen LogP contribution in [0, 0.1) is 0 Å². The Morgan fingerprint density at radius 3 is 2.65 bits per heavy atom. The second kappa shape index (κ2) is 4.25. The lowest BCUT2D eigenvalue weighted by atomic mass is 10.0. The van der Waals surface area contributed by atoms with E-state index in [2.05, 4.69) is 0 Å². The topological polar surface area (TPSA) is 92.7 Å². The molecular formula is C11H9NO5. The van der Waals surface area contributed by atoms with Crippen molar-refractivity contribution < 1.29 is 24.2 Å². The molecule has 6 nitrogen and oxygen atoms in total. The van der Waals surface area contributed by atoms with Gasteiger partial charge in [-0.1, -0.05) is 18.2 Å². The van der Waals surface area contributed by atoms with Crippen LogP contribution < -0.4 is 5.32 Å². The minimum atomic E-state index is -1.08. The number of cyclic esters (lactones) is 1. The fourth-order valence-electron chi connectivity index (χ4n) is 1.63. The molecule has 1 aromatic rings. The van der Waals surface area contributed by atoms with Crippen molar-refractivity contribution in [2.45, 2.75) is 12.5 Å². The summed E-state index contributed by atoms with van der Waals surface area (Å²) >= 11 is 0. The molecule has 1 fully saturated rings. The van der Waals surface area contributed by atoms with Gasteiger partial charge in [0.1, 0.15) is 0 Å². The first-order chi connectivity index (χ1) is 8.08. The summed E-state index contributed by atoms with van der Waals surface area (Å²) in [5.74, 6) is -1.62. The Labute approximate surface area is 96.2 Å². The maximum Gasteiger partial charge on any atom is 0.414 e. The number of carbonyl (C=O) groups is 3. The lowest BCUT2D eigenvalue weighted by Crippen LogP contribution is -2.26. The molecule has 6 heteroatoms. The Morgan fingerprint density at radius 1 is 1.35 bits per heavy atom. The van der Waals surface area contributed by atoms with Gasteiger partial charge in [0, 0.05) is 6.42 Å². The maximum absolute atomic E-state index is 11.3. The molecule has 0 bridgehead atoms. The standard InChI is InChI=1S/C11H9NO5/c13-9-8(17-11(16)12-9)5-6-3-1-2-4-7(6)10(14)15/h1-4,8H,5H2,(H,14,15)(H,12,13,16).